The first-order chi connectivity index (χ1) is 24.2. The molecule has 0 aliphatic heterocycles. The van der Waals surface area contributed by atoms with Crippen molar-refractivity contribution >= 4 is 49.6 Å². The first-order valence-electron chi connectivity index (χ1n) is 16.8. The number of aryl methyl sites for hydroxylation is 1. The largest absolute Gasteiger partial charge is 0.456 e. The van der Waals surface area contributed by atoms with Crippen LogP contribution in [0.15, 0.2) is 186 Å². The summed E-state index contributed by atoms with van der Waals surface area (Å²) in [5.74, 6) is 0.925. The fourth-order valence-electron chi connectivity index (χ4n) is 7.11. The maximum atomic E-state index is 6.31. The lowest BCUT2D eigenvalue weighted by Gasteiger charge is -2.26. The van der Waals surface area contributed by atoms with E-state index in [2.05, 4.69) is 182 Å². The van der Waals surface area contributed by atoms with Crippen LogP contribution < -0.4 is 4.90 Å². The van der Waals surface area contributed by atoms with Crippen molar-refractivity contribution in [1.29, 1.82) is 0 Å². The maximum absolute atomic E-state index is 6.31. The highest BCUT2D eigenvalue weighted by molar-refractivity contribution is 6.08. The van der Waals surface area contributed by atoms with Crippen molar-refractivity contribution < 1.29 is 4.42 Å². The van der Waals surface area contributed by atoms with Gasteiger partial charge in [-0.15, -0.1) is 0 Å². The van der Waals surface area contributed by atoms with Gasteiger partial charge in [-0.05, 0) is 99.3 Å². The van der Waals surface area contributed by atoms with Crippen molar-refractivity contribution in [1.82, 2.24) is 0 Å². The number of nitrogens with zero attached hydrogens (tertiary/aromatic N) is 1. The second-order valence-corrected chi connectivity index (χ2v) is 12.6. The average molecular weight is 628 g/mol. The summed E-state index contributed by atoms with van der Waals surface area (Å²) in [7, 11) is 0. The summed E-state index contributed by atoms with van der Waals surface area (Å²) in [4.78, 5) is 2.35. The standard InChI is InChI=1S/C47H33NO/c1-32-43-15-7-8-17-46(43)49-47(32)39-14-9-13-37(30-39)35-22-26-41(27-23-35)48(40-24-20-34(21-25-40)33-10-3-2-4-11-33)42-28-29-45-38(31-42)19-18-36-12-5-6-16-44(36)45/h2-31H,1H3. The van der Waals surface area contributed by atoms with Gasteiger partial charge in [-0.1, -0.05) is 133 Å². The molecule has 0 aliphatic rings. The third-order valence-electron chi connectivity index (χ3n) is 9.65. The van der Waals surface area contributed by atoms with Crippen molar-refractivity contribution in [3.05, 3.63) is 188 Å². The van der Waals surface area contributed by atoms with E-state index in [1.165, 1.54) is 38.2 Å². The zero-order valence-electron chi connectivity index (χ0n) is 27.2. The van der Waals surface area contributed by atoms with Crippen molar-refractivity contribution in [2.75, 3.05) is 4.90 Å². The zero-order chi connectivity index (χ0) is 32.7. The third-order valence-corrected chi connectivity index (χ3v) is 9.65. The Balaban J connectivity index is 1.11. The molecule has 9 aromatic rings. The van der Waals surface area contributed by atoms with Gasteiger partial charge in [-0.3, -0.25) is 0 Å². The number of hydrogen-bond donors (Lipinski definition) is 0. The van der Waals surface area contributed by atoms with E-state index in [0.29, 0.717) is 0 Å². The number of rotatable bonds is 6. The minimum Gasteiger partial charge on any atom is -0.456 e. The van der Waals surface area contributed by atoms with E-state index in [0.717, 1.165) is 50.5 Å². The predicted molar refractivity (Wildman–Crippen MR) is 207 cm³/mol. The fourth-order valence-corrected chi connectivity index (χ4v) is 7.11. The van der Waals surface area contributed by atoms with Crippen molar-refractivity contribution in [2.24, 2.45) is 0 Å². The Kier molecular flexibility index (Phi) is 7.06. The Morgan fingerprint density at radius 2 is 0.918 bits per heavy atom. The van der Waals surface area contributed by atoms with E-state index in [4.69, 9.17) is 4.42 Å². The van der Waals surface area contributed by atoms with Gasteiger partial charge in [0.1, 0.15) is 11.3 Å². The zero-order valence-corrected chi connectivity index (χ0v) is 27.2. The molecule has 1 aromatic heterocycles. The molecule has 232 valence electrons. The molecule has 49 heavy (non-hydrogen) atoms. The summed E-state index contributed by atoms with van der Waals surface area (Å²) in [6.07, 6.45) is 0. The summed E-state index contributed by atoms with van der Waals surface area (Å²) < 4.78 is 6.31. The van der Waals surface area contributed by atoms with Gasteiger partial charge >= 0.3 is 0 Å². The highest BCUT2D eigenvalue weighted by Gasteiger charge is 2.16. The molecule has 8 aromatic carbocycles. The van der Waals surface area contributed by atoms with Crippen molar-refractivity contribution in [3.63, 3.8) is 0 Å². The van der Waals surface area contributed by atoms with E-state index < -0.39 is 0 Å². The fraction of sp³-hybridized carbons (Fsp3) is 0.0213. The lowest BCUT2D eigenvalue weighted by Crippen LogP contribution is -2.09. The number of anilines is 3. The third kappa shape index (κ3) is 5.24. The second-order valence-electron chi connectivity index (χ2n) is 12.6. The summed E-state index contributed by atoms with van der Waals surface area (Å²) in [5.41, 5.74) is 11.2. The van der Waals surface area contributed by atoms with E-state index in [1.807, 2.05) is 12.1 Å². The second kappa shape index (κ2) is 12.0. The maximum Gasteiger partial charge on any atom is 0.138 e. The number of benzene rings is 8. The summed E-state index contributed by atoms with van der Waals surface area (Å²) in [5, 5.41) is 6.17. The van der Waals surface area contributed by atoms with Crippen LogP contribution in [0, 0.1) is 6.92 Å². The molecule has 0 amide bonds. The van der Waals surface area contributed by atoms with Gasteiger partial charge in [0.15, 0.2) is 0 Å². The molecule has 0 atom stereocenters. The molecule has 2 nitrogen and oxygen atoms in total. The van der Waals surface area contributed by atoms with Crippen molar-refractivity contribution in [3.8, 4) is 33.6 Å². The summed E-state index contributed by atoms with van der Waals surface area (Å²) in [6.45, 7) is 2.14. The Labute approximate surface area is 286 Å². The minimum absolute atomic E-state index is 0.920. The summed E-state index contributed by atoms with van der Waals surface area (Å²) in [6, 6.07) is 65.1. The van der Waals surface area contributed by atoms with Crippen LogP contribution in [0.2, 0.25) is 0 Å². The Bertz CT molecular complexity index is 2600. The Hall–Kier alpha value is -6.38. The molecule has 0 bridgehead atoms. The molecule has 0 radical (unpaired) electrons. The first-order valence-corrected chi connectivity index (χ1v) is 16.8. The number of fused-ring (bicyclic) bond motifs is 4. The normalized spacial score (nSPS) is 11.4. The van der Waals surface area contributed by atoms with Gasteiger partial charge in [0.25, 0.3) is 0 Å². The van der Waals surface area contributed by atoms with Gasteiger partial charge in [-0.2, -0.15) is 0 Å². The van der Waals surface area contributed by atoms with E-state index in [-0.39, 0.29) is 0 Å². The quantitative estimate of drug-likeness (QED) is 0.171. The molecule has 9 rings (SSSR count). The number of furan rings is 1. The molecule has 0 N–H and O–H groups in total. The van der Waals surface area contributed by atoms with Gasteiger partial charge in [-0.25, -0.2) is 0 Å². The molecular weight excluding hydrogens is 595 g/mol. The van der Waals surface area contributed by atoms with Gasteiger partial charge in [0.05, 0.1) is 0 Å². The highest BCUT2D eigenvalue weighted by atomic mass is 16.3. The predicted octanol–water partition coefficient (Wildman–Crippen LogP) is 13.5. The number of hydrogen-bond acceptors (Lipinski definition) is 2. The Morgan fingerprint density at radius 1 is 0.367 bits per heavy atom. The topological polar surface area (TPSA) is 16.4 Å². The lowest BCUT2D eigenvalue weighted by molar-refractivity contribution is 0.629. The Morgan fingerprint density at radius 3 is 1.67 bits per heavy atom. The van der Waals surface area contributed by atoms with E-state index >= 15 is 0 Å². The van der Waals surface area contributed by atoms with Crippen molar-refractivity contribution in [2.45, 2.75) is 6.92 Å². The molecule has 0 unspecified atom stereocenters. The van der Waals surface area contributed by atoms with E-state index in [9.17, 15) is 0 Å². The van der Waals surface area contributed by atoms with Crippen LogP contribution in [0.4, 0.5) is 17.1 Å². The van der Waals surface area contributed by atoms with E-state index in [1.54, 1.807) is 0 Å². The van der Waals surface area contributed by atoms with Crippen LogP contribution in [-0.4, -0.2) is 0 Å². The smallest absolute Gasteiger partial charge is 0.138 e. The lowest BCUT2D eigenvalue weighted by atomic mass is 9.99. The van der Waals surface area contributed by atoms with Crippen LogP contribution in [0.1, 0.15) is 5.56 Å². The van der Waals surface area contributed by atoms with Crippen LogP contribution in [-0.2, 0) is 0 Å². The number of para-hydroxylation sites is 1. The molecule has 0 aliphatic carbocycles. The molecule has 1 heterocycles. The molecule has 0 saturated carbocycles. The molecule has 0 saturated heterocycles. The van der Waals surface area contributed by atoms with Gasteiger partial charge < -0.3 is 9.32 Å². The molecule has 0 spiro atoms. The van der Waals surface area contributed by atoms with Gasteiger partial charge in [0, 0.05) is 33.6 Å². The highest BCUT2D eigenvalue weighted by Crippen LogP contribution is 2.40. The summed E-state index contributed by atoms with van der Waals surface area (Å²) >= 11 is 0. The van der Waals surface area contributed by atoms with Gasteiger partial charge in [0.2, 0.25) is 0 Å². The molecular formula is C47H33NO. The average Bonchev–Trinajstić information content (AvgIpc) is 3.52. The monoisotopic (exact) mass is 627 g/mol. The molecule has 2 heteroatoms. The molecule has 0 fully saturated rings. The van der Waals surface area contributed by atoms with Crippen LogP contribution in [0.5, 0.6) is 0 Å². The van der Waals surface area contributed by atoms with Crippen LogP contribution in [0.3, 0.4) is 0 Å². The SMILES string of the molecule is Cc1c(-c2cccc(-c3ccc(N(c4ccc(-c5ccccc5)cc4)c4ccc5c(ccc6ccccc65)c4)cc3)c2)oc2ccccc12. The van der Waals surface area contributed by atoms with Crippen LogP contribution >= 0.6 is 0 Å². The first kappa shape index (κ1) is 28.8. The minimum atomic E-state index is 0.920. The van der Waals surface area contributed by atoms with Crippen LogP contribution in [0.25, 0.3) is 66.1 Å².